The van der Waals surface area contributed by atoms with E-state index in [1.807, 2.05) is 0 Å². The fourth-order valence-electron chi connectivity index (χ4n) is 2.10. The Morgan fingerprint density at radius 1 is 0.941 bits per heavy atom. The fraction of sp³-hybridized carbons (Fsp3) is 0.562. The topological polar surface area (TPSA) is 12.9 Å². The summed E-state index contributed by atoms with van der Waals surface area (Å²) in [6, 6.07) is 4.39. The molecule has 2 rings (SSSR count). The van der Waals surface area contributed by atoms with Gasteiger partial charge in [0.1, 0.15) is 0 Å². The van der Waals surface area contributed by atoms with E-state index in [1.165, 1.54) is 22.5 Å². The van der Waals surface area contributed by atoms with E-state index >= 15 is 0 Å². The average Bonchev–Trinajstić information content (AvgIpc) is 2.57. The smallest absolute Gasteiger partial charge is 0.0520 e. The molecule has 0 spiro atoms. The van der Waals surface area contributed by atoms with E-state index in [1.54, 1.807) is 0 Å². The minimum atomic E-state index is 0.138. The molecule has 0 atom stereocenters. The largest absolute Gasteiger partial charge is 0.256 e. The standard InChI is InChI=1S/C16H23N/c1-15(2,3)12-9-11-7-8-14(16(4,5)6)17-13(11)10-12/h7-9H,10H2,1-6H3. The van der Waals surface area contributed by atoms with Crippen molar-refractivity contribution in [2.45, 2.75) is 53.4 Å². The molecular weight excluding hydrogens is 206 g/mol. The van der Waals surface area contributed by atoms with Gasteiger partial charge in [-0.15, -0.1) is 0 Å². The molecule has 0 amide bonds. The summed E-state index contributed by atoms with van der Waals surface area (Å²) < 4.78 is 0. The SMILES string of the molecule is CC(C)(C)C1=Cc2ccc(C(C)(C)C)nc2C1. The van der Waals surface area contributed by atoms with Crippen molar-refractivity contribution in [3.05, 3.63) is 34.7 Å². The first-order valence-electron chi connectivity index (χ1n) is 6.39. The second-order valence-electron chi connectivity index (χ2n) is 7.08. The van der Waals surface area contributed by atoms with E-state index in [0.29, 0.717) is 0 Å². The van der Waals surface area contributed by atoms with Crippen LogP contribution in [0.1, 0.15) is 58.5 Å². The molecule has 1 aliphatic carbocycles. The molecule has 0 bridgehead atoms. The Kier molecular flexibility index (Phi) is 2.68. The van der Waals surface area contributed by atoms with Gasteiger partial charge in [0.05, 0.1) is 5.69 Å². The second kappa shape index (κ2) is 3.69. The van der Waals surface area contributed by atoms with E-state index in [4.69, 9.17) is 4.98 Å². The van der Waals surface area contributed by atoms with E-state index in [9.17, 15) is 0 Å². The Morgan fingerprint density at radius 3 is 2.12 bits per heavy atom. The number of hydrogen-bond donors (Lipinski definition) is 0. The molecule has 0 radical (unpaired) electrons. The van der Waals surface area contributed by atoms with E-state index in [-0.39, 0.29) is 10.8 Å². The zero-order chi connectivity index (χ0) is 12.8. The summed E-state index contributed by atoms with van der Waals surface area (Å²) in [5, 5.41) is 0. The third-order valence-electron chi connectivity index (χ3n) is 3.43. The first-order chi connectivity index (χ1) is 7.68. The third kappa shape index (κ3) is 2.43. The summed E-state index contributed by atoms with van der Waals surface area (Å²) in [5.41, 5.74) is 5.64. The minimum Gasteiger partial charge on any atom is -0.256 e. The molecule has 0 N–H and O–H groups in total. The van der Waals surface area contributed by atoms with Crippen LogP contribution in [0.2, 0.25) is 0 Å². The van der Waals surface area contributed by atoms with Gasteiger partial charge in [-0.3, -0.25) is 4.98 Å². The zero-order valence-electron chi connectivity index (χ0n) is 11.9. The zero-order valence-corrected chi connectivity index (χ0v) is 11.9. The summed E-state index contributed by atoms with van der Waals surface area (Å²) >= 11 is 0. The Balaban J connectivity index is 2.35. The van der Waals surface area contributed by atoms with Gasteiger partial charge >= 0.3 is 0 Å². The molecule has 0 aliphatic heterocycles. The molecule has 0 saturated carbocycles. The highest BCUT2D eigenvalue weighted by Gasteiger charge is 2.25. The van der Waals surface area contributed by atoms with Crippen molar-refractivity contribution < 1.29 is 0 Å². The quantitative estimate of drug-likeness (QED) is 0.644. The lowest BCUT2D eigenvalue weighted by molar-refractivity contribution is 0.496. The summed E-state index contributed by atoms with van der Waals surface area (Å²) in [6.45, 7) is 13.5. The first kappa shape index (κ1) is 12.3. The number of allylic oxidation sites excluding steroid dienone is 1. The molecule has 1 heterocycles. The minimum absolute atomic E-state index is 0.138. The van der Waals surface area contributed by atoms with Gasteiger partial charge in [0.15, 0.2) is 0 Å². The molecule has 1 heteroatoms. The van der Waals surface area contributed by atoms with Gasteiger partial charge in [0.25, 0.3) is 0 Å². The Bertz CT molecular complexity index is 467. The number of fused-ring (bicyclic) bond motifs is 1. The summed E-state index contributed by atoms with van der Waals surface area (Å²) in [6.07, 6.45) is 3.33. The van der Waals surface area contributed by atoms with Crippen LogP contribution < -0.4 is 0 Å². The van der Waals surface area contributed by atoms with Crippen molar-refractivity contribution in [2.24, 2.45) is 5.41 Å². The maximum absolute atomic E-state index is 4.84. The van der Waals surface area contributed by atoms with Crippen LogP contribution in [0.3, 0.4) is 0 Å². The molecular formula is C16H23N. The number of pyridine rings is 1. The van der Waals surface area contributed by atoms with Crippen LogP contribution in [0, 0.1) is 5.41 Å². The number of aromatic nitrogens is 1. The Morgan fingerprint density at radius 2 is 1.59 bits per heavy atom. The van der Waals surface area contributed by atoms with Crippen LogP contribution in [0.25, 0.3) is 6.08 Å². The van der Waals surface area contributed by atoms with Crippen molar-refractivity contribution in [3.63, 3.8) is 0 Å². The first-order valence-corrected chi connectivity index (χ1v) is 6.39. The van der Waals surface area contributed by atoms with Crippen LogP contribution in [-0.4, -0.2) is 4.98 Å². The third-order valence-corrected chi connectivity index (χ3v) is 3.43. The highest BCUT2D eigenvalue weighted by Crippen LogP contribution is 2.36. The fourth-order valence-corrected chi connectivity index (χ4v) is 2.10. The maximum Gasteiger partial charge on any atom is 0.0520 e. The highest BCUT2D eigenvalue weighted by molar-refractivity contribution is 5.63. The molecule has 1 aromatic rings. The lowest BCUT2D eigenvalue weighted by Crippen LogP contribution is -2.15. The average molecular weight is 229 g/mol. The van der Waals surface area contributed by atoms with Gasteiger partial charge in [-0.25, -0.2) is 0 Å². The summed E-state index contributed by atoms with van der Waals surface area (Å²) in [4.78, 5) is 4.84. The van der Waals surface area contributed by atoms with E-state index in [2.05, 4.69) is 59.8 Å². The molecule has 0 unspecified atom stereocenters. The van der Waals surface area contributed by atoms with Gasteiger partial charge < -0.3 is 0 Å². The predicted molar refractivity (Wildman–Crippen MR) is 74.1 cm³/mol. The molecule has 92 valence electrons. The normalized spacial score (nSPS) is 15.8. The van der Waals surface area contributed by atoms with Gasteiger partial charge in [-0.1, -0.05) is 59.3 Å². The van der Waals surface area contributed by atoms with E-state index in [0.717, 1.165) is 6.42 Å². The number of rotatable bonds is 0. The van der Waals surface area contributed by atoms with Crippen LogP contribution in [0.15, 0.2) is 17.7 Å². The van der Waals surface area contributed by atoms with Gasteiger partial charge in [-0.05, 0) is 17.0 Å². The molecule has 17 heavy (non-hydrogen) atoms. The molecule has 1 nitrogen and oxygen atoms in total. The van der Waals surface area contributed by atoms with E-state index < -0.39 is 0 Å². The van der Waals surface area contributed by atoms with Crippen LogP contribution in [0.4, 0.5) is 0 Å². The van der Waals surface area contributed by atoms with Gasteiger partial charge in [0.2, 0.25) is 0 Å². The lowest BCUT2D eigenvalue weighted by Gasteiger charge is -2.20. The van der Waals surface area contributed by atoms with Crippen LogP contribution in [-0.2, 0) is 11.8 Å². The van der Waals surface area contributed by atoms with Gasteiger partial charge in [0, 0.05) is 17.5 Å². The summed E-state index contributed by atoms with van der Waals surface area (Å²) in [7, 11) is 0. The molecule has 0 fully saturated rings. The van der Waals surface area contributed by atoms with Crippen molar-refractivity contribution in [2.75, 3.05) is 0 Å². The van der Waals surface area contributed by atoms with Crippen LogP contribution >= 0.6 is 0 Å². The van der Waals surface area contributed by atoms with Crippen molar-refractivity contribution >= 4 is 6.08 Å². The molecule has 1 aliphatic rings. The van der Waals surface area contributed by atoms with Crippen LogP contribution in [0.5, 0.6) is 0 Å². The predicted octanol–water partition coefficient (Wildman–Crippen LogP) is 4.36. The number of nitrogens with zero attached hydrogens (tertiary/aromatic N) is 1. The summed E-state index contributed by atoms with van der Waals surface area (Å²) in [5.74, 6) is 0. The Hall–Kier alpha value is -1.11. The van der Waals surface area contributed by atoms with Crippen molar-refractivity contribution in [1.82, 2.24) is 4.98 Å². The monoisotopic (exact) mass is 229 g/mol. The van der Waals surface area contributed by atoms with Crippen molar-refractivity contribution in [1.29, 1.82) is 0 Å². The Labute approximate surface area is 105 Å². The lowest BCUT2D eigenvalue weighted by atomic mass is 9.86. The molecule has 1 aromatic heterocycles. The second-order valence-corrected chi connectivity index (χ2v) is 7.08. The van der Waals surface area contributed by atoms with Gasteiger partial charge in [-0.2, -0.15) is 0 Å². The van der Waals surface area contributed by atoms with Crippen molar-refractivity contribution in [3.8, 4) is 0 Å². The molecule has 0 aromatic carbocycles. The number of hydrogen-bond acceptors (Lipinski definition) is 1. The highest BCUT2D eigenvalue weighted by atomic mass is 14.7. The maximum atomic E-state index is 4.84. The molecule has 0 saturated heterocycles.